The molecule has 0 radical (unpaired) electrons. The van der Waals surface area contributed by atoms with Gasteiger partial charge in [0.05, 0.1) is 23.5 Å². The number of allylic oxidation sites excluding steroid dienone is 1. The van der Waals surface area contributed by atoms with E-state index in [0.717, 1.165) is 18.4 Å². The van der Waals surface area contributed by atoms with Crippen LogP contribution in [0.5, 0.6) is 0 Å². The van der Waals surface area contributed by atoms with E-state index in [2.05, 4.69) is 5.16 Å². The van der Waals surface area contributed by atoms with Crippen molar-refractivity contribution in [2.24, 2.45) is 33.7 Å². The Bertz CT molecular complexity index is 853. The minimum atomic E-state index is -1.17. The molecule has 3 saturated carbocycles. The second-order valence-corrected chi connectivity index (χ2v) is 10.5. The first-order valence-corrected chi connectivity index (χ1v) is 11.2. The molecular formula is C23H33NO7. The van der Waals surface area contributed by atoms with Crippen LogP contribution >= 0.6 is 0 Å². The lowest BCUT2D eigenvalue weighted by atomic mass is 9.46. The van der Waals surface area contributed by atoms with Crippen molar-refractivity contribution in [2.45, 2.75) is 77.1 Å². The van der Waals surface area contributed by atoms with E-state index < -0.39 is 41.2 Å². The number of aliphatic hydroxyl groups is 3. The van der Waals surface area contributed by atoms with Crippen LogP contribution in [0.15, 0.2) is 16.8 Å². The number of carbonyl (C=O) groups excluding carboxylic acids is 1. The highest BCUT2D eigenvalue weighted by atomic mass is 16.6. The summed E-state index contributed by atoms with van der Waals surface area (Å²) in [6.45, 7) is 5.33. The zero-order valence-corrected chi connectivity index (χ0v) is 18.4. The minimum Gasteiger partial charge on any atom is -0.479 e. The van der Waals surface area contributed by atoms with Gasteiger partial charge in [0.15, 0.2) is 5.78 Å². The molecule has 0 aromatic carbocycles. The Morgan fingerprint density at radius 1 is 1.19 bits per heavy atom. The van der Waals surface area contributed by atoms with Crippen LogP contribution in [0.4, 0.5) is 0 Å². The van der Waals surface area contributed by atoms with Gasteiger partial charge < -0.3 is 25.3 Å². The molecule has 4 aliphatic rings. The molecule has 8 nitrogen and oxygen atoms in total. The van der Waals surface area contributed by atoms with Crippen LogP contribution in [0.1, 0.15) is 59.3 Å². The molecule has 0 aliphatic heterocycles. The van der Waals surface area contributed by atoms with Crippen molar-refractivity contribution in [3.8, 4) is 0 Å². The number of hydrogen-bond acceptors (Lipinski definition) is 7. The van der Waals surface area contributed by atoms with Crippen LogP contribution in [-0.4, -0.2) is 62.3 Å². The summed E-state index contributed by atoms with van der Waals surface area (Å²) in [4.78, 5) is 28.8. The minimum absolute atomic E-state index is 0.0327. The summed E-state index contributed by atoms with van der Waals surface area (Å²) in [6, 6.07) is 0. The average Bonchev–Trinajstić information content (AvgIpc) is 2.96. The van der Waals surface area contributed by atoms with Gasteiger partial charge in [0.2, 0.25) is 6.61 Å². The van der Waals surface area contributed by atoms with Gasteiger partial charge in [-0.1, -0.05) is 19.0 Å². The highest BCUT2D eigenvalue weighted by molar-refractivity contribution is 5.95. The summed E-state index contributed by atoms with van der Waals surface area (Å²) in [7, 11) is 0. The number of aliphatic carboxylic acids is 1. The standard InChI is InChI=1S/C23H33NO7/c1-12(24-31-11-20(28)29)13-5-7-23(30)15-8-17(25)16-9-18(26)19(27)10-21(16,2)14(15)4-6-22(13,23)3/h8,13-14,16,18-19,26-27,30H,4-7,9-11H2,1-3H3,(H,28,29)/t13-,14?,16+,18-,19+,21-,22-,23-/m1/s1. The number of nitrogens with zero attached hydrogens (tertiary/aromatic N) is 1. The fraction of sp³-hybridized carbons (Fsp3) is 0.783. The molecule has 0 spiro atoms. The van der Waals surface area contributed by atoms with Gasteiger partial charge in [-0.15, -0.1) is 0 Å². The summed E-state index contributed by atoms with van der Waals surface area (Å²) in [6.07, 6.45) is 3.09. The second kappa shape index (κ2) is 7.39. The van der Waals surface area contributed by atoms with Gasteiger partial charge in [-0.25, -0.2) is 4.79 Å². The summed E-state index contributed by atoms with van der Waals surface area (Å²) in [5.41, 5.74) is -0.806. The Morgan fingerprint density at radius 3 is 2.58 bits per heavy atom. The van der Waals surface area contributed by atoms with E-state index in [9.17, 15) is 24.9 Å². The van der Waals surface area contributed by atoms with E-state index in [0.29, 0.717) is 25.0 Å². The Hall–Kier alpha value is -1.77. The van der Waals surface area contributed by atoms with Crippen LogP contribution in [0.25, 0.3) is 0 Å². The molecule has 0 saturated heterocycles. The van der Waals surface area contributed by atoms with Crippen molar-refractivity contribution in [2.75, 3.05) is 6.61 Å². The lowest BCUT2D eigenvalue weighted by Gasteiger charge is -2.59. The predicted octanol–water partition coefficient (Wildman–Crippen LogP) is 1.67. The van der Waals surface area contributed by atoms with Crippen molar-refractivity contribution < 1.29 is 34.9 Å². The molecular weight excluding hydrogens is 402 g/mol. The molecule has 3 fully saturated rings. The normalized spacial score (nSPS) is 47.2. The molecule has 1 unspecified atom stereocenters. The summed E-state index contributed by atoms with van der Waals surface area (Å²) in [5.74, 6) is -1.64. The van der Waals surface area contributed by atoms with Crippen LogP contribution in [0.3, 0.4) is 0 Å². The number of hydrogen-bond donors (Lipinski definition) is 4. The first-order chi connectivity index (χ1) is 14.4. The third-order valence-electron chi connectivity index (χ3n) is 9.02. The number of rotatable bonds is 4. The van der Waals surface area contributed by atoms with Gasteiger partial charge in [0, 0.05) is 17.3 Å². The molecule has 4 rings (SSSR count). The molecule has 8 atom stereocenters. The maximum Gasteiger partial charge on any atom is 0.344 e. The fourth-order valence-corrected chi connectivity index (χ4v) is 7.29. The van der Waals surface area contributed by atoms with Crippen molar-refractivity contribution >= 4 is 17.5 Å². The zero-order chi connectivity index (χ0) is 22.8. The van der Waals surface area contributed by atoms with Crippen molar-refractivity contribution in [1.29, 1.82) is 0 Å². The van der Waals surface area contributed by atoms with Crippen LogP contribution < -0.4 is 0 Å². The molecule has 0 bridgehead atoms. The summed E-state index contributed by atoms with van der Waals surface area (Å²) >= 11 is 0. The lowest BCUT2D eigenvalue weighted by molar-refractivity contribution is -0.151. The third-order valence-corrected chi connectivity index (χ3v) is 9.02. The Labute approximate surface area is 182 Å². The predicted molar refractivity (Wildman–Crippen MR) is 111 cm³/mol. The van der Waals surface area contributed by atoms with Crippen LogP contribution in [-0.2, 0) is 14.4 Å². The van der Waals surface area contributed by atoms with E-state index in [-0.39, 0.29) is 30.0 Å². The number of oxime groups is 1. The third kappa shape index (κ3) is 3.17. The monoisotopic (exact) mass is 435 g/mol. The quantitative estimate of drug-likeness (QED) is 0.389. The number of ketones is 1. The molecule has 172 valence electrons. The highest BCUT2D eigenvalue weighted by Crippen LogP contribution is 2.67. The van der Waals surface area contributed by atoms with Crippen LogP contribution in [0, 0.1) is 28.6 Å². The van der Waals surface area contributed by atoms with Gasteiger partial charge >= 0.3 is 5.97 Å². The van der Waals surface area contributed by atoms with Gasteiger partial charge in [0.25, 0.3) is 0 Å². The number of carboxylic acids is 1. The van der Waals surface area contributed by atoms with Crippen molar-refractivity contribution in [1.82, 2.24) is 0 Å². The molecule has 31 heavy (non-hydrogen) atoms. The number of aliphatic hydroxyl groups excluding tert-OH is 2. The van der Waals surface area contributed by atoms with Gasteiger partial charge in [-0.3, -0.25) is 4.79 Å². The molecule has 0 aromatic heterocycles. The second-order valence-electron chi connectivity index (χ2n) is 10.5. The van der Waals surface area contributed by atoms with E-state index in [1.807, 2.05) is 13.8 Å². The zero-order valence-electron chi connectivity index (χ0n) is 18.4. The van der Waals surface area contributed by atoms with E-state index >= 15 is 0 Å². The molecule has 8 heteroatoms. The molecule has 0 amide bonds. The van der Waals surface area contributed by atoms with E-state index in [1.54, 1.807) is 13.0 Å². The number of carboxylic acid groups (broad SMARTS) is 1. The number of fused-ring (bicyclic) bond motifs is 5. The maximum absolute atomic E-state index is 13.1. The molecule has 4 aliphatic carbocycles. The number of carbonyl (C=O) groups is 2. The molecule has 0 heterocycles. The maximum atomic E-state index is 13.1. The lowest BCUT2D eigenvalue weighted by Crippen LogP contribution is -2.60. The average molecular weight is 436 g/mol. The van der Waals surface area contributed by atoms with E-state index in [4.69, 9.17) is 9.94 Å². The largest absolute Gasteiger partial charge is 0.479 e. The Kier molecular flexibility index (Phi) is 5.34. The SMILES string of the molecule is CC(=NOCC(=O)O)[C@H]1CC[C@@]2(O)C3=CC(=O)[C@@H]4C[C@@H](O)[C@@H](O)C[C@]4(C)C3CC[C@]12C. The van der Waals surface area contributed by atoms with Crippen molar-refractivity contribution in [3.05, 3.63) is 11.6 Å². The summed E-state index contributed by atoms with van der Waals surface area (Å²) < 4.78 is 0. The highest BCUT2D eigenvalue weighted by Gasteiger charge is 2.66. The molecule has 4 N–H and O–H groups in total. The Balaban J connectivity index is 1.68. The molecule has 0 aromatic rings. The Morgan fingerprint density at radius 2 is 1.90 bits per heavy atom. The van der Waals surface area contributed by atoms with Crippen LogP contribution in [0.2, 0.25) is 0 Å². The van der Waals surface area contributed by atoms with Gasteiger partial charge in [0.1, 0.15) is 0 Å². The smallest absolute Gasteiger partial charge is 0.344 e. The van der Waals surface area contributed by atoms with Gasteiger partial charge in [-0.05, 0) is 68.4 Å². The summed E-state index contributed by atoms with van der Waals surface area (Å²) in [5, 5.41) is 45.3. The topological polar surface area (TPSA) is 137 Å². The van der Waals surface area contributed by atoms with E-state index in [1.165, 1.54) is 0 Å². The fourth-order valence-electron chi connectivity index (χ4n) is 7.29. The first-order valence-electron chi connectivity index (χ1n) is 11.2. The van der Waals surface area contributed by atoms with Gasteiger partial charge in [-0.2, -0.15) is 0 Å². The van der Waals surface area contributed by atoms with Crippen molar-refractivity contribution in [3.63, 3.8) is 0 Å². The first kappa shape index (κ1) is 22.4.